The first-order valence-electron chi connectivity index (χ1n) is 7.39. The van der Waals surface area contributed by atoms with Crippen LogP contribution in [0.2, 0.25) is 0 Å². The number of rotatable bonds is 4. The van der Waals surface area contributed by atoms with Gasteiger partial charge in [-0.2, -0.15) is 0 Å². The lowest BCUT2D eigenvalue weighted by atomic mass is 9.91. The molecule has 0 aliphatic carbocycles. The summed E-state index contributed by atoms with van der Waals surface area (Å²) in [6.45, 7) is 5.01. The van der Waals surface area contributed by atoms with E-state index in [4.69, 9.17) is 0 Å². The molecule has 0 bridgehead atoms. The monoisotopic (exact) mass is 273 g/mol. The number of nitrogens with one attached hydrogen (secondary N) is 1. The lowest BCUT2D eigenvalue weighted by Gasteiger charge is -2.41. The Bertz CT molecular complexity index is 514. The first-order valence-corrected chi connectivity index (χ1v) is 7.39. The summed E-state index contributed by atoms with van der Waals surface area (Å²) in [5.74, 6) is 1.00. The lowest BCUT2D eigenvalue weighted by Crippen LogP contribution is -2.45. The van der Waals surface area contributed by atoms with E-state index in [1.807, 2.05) is 12.3 Å². The van der Waals surface area contributed by atoms with E-state index in [1.165, 1.54) is 16.7 Å². The minimum absolute atomic E-state index is 0.523. The van der Waals surface area contributed by atoms with Gasteiger partial charge < -0.3 is 10.3 Å². The molecule has 2 aliphatic heterocycles. The summed E-state index contributed by atoms with van der Waals surface area (Å²) in [7, 11) is 0. The van der Waals surface area contributed by atoms with E-state index in [0.29, 0.717) is 13.1 Å². The summed E-state index contributed by atoms with van der Waals surface area (Å²) in [5, 5.41) is 14.9. The molecule has 0 unspecified atom stereocenters. The van der Waals surface area contributed by atoms with E-state index in [-0.39, 0.29) is 0 Å². The summed E-state index contributed by atoms with van der Waals surface area (Å²) in [5.41, 5.74) is 7.19. The maximum absolute atomic E-state index is 11.6. The van der Waals surface area contributed by atoms with Gasteiger partial charge in [0.15, 0.2) is 5.82 Å². The molecule has 1 aromatic rings. The molecule has 0 atom stereocenters. The second kappa shape index (κ2) is 5.91. The number of anilines is 1. The zero-order chi connectivity index (χ0) is 13.9. The molecular formula is C15H21N4O-. The van der Waals surface area contributed by atoms with Gasteiger partial charge in [0.05, 0.1) is 6.54 Å². The van der Waals surface area contributed by atoms with E-state index in [9.17, 15) is 5.21 Å². The predicted molar refractivity (Wildman–Crippen MR) is 81.0 cm³/mol. The summed E-state index contributed by atoms with van der Waals surface area (Å²) >= 11 is 0. The number of hydrogen-bond donors (Lipinski definition) is 1. The van der Waals surface area contributed by atoms with Crippen molar-refractivity contribution in [3.05, 3.63) is 34.7 Å². The van der Waals surface area contributed by atoms with Crippen molar-refractivity contribution in [1.29, 1.82) is 0 Å². The highest BCUT2D eigenvalue weighted by molar-refractivity contribution is 5.81. The Hall–Kier alpha value is -1.43. The minimum atomic E-state index is 0.523. The van der Waals surface area contributed by atoms with E-state index in [1.54, 1.807) is 0 Å². The largest absolute Gasteiger partial charge is 0.785 e. The summed E-state index contributed by atoms with van der Waals surface area (Å²) < 4.78 is 0. The van der Waals surface area contributed by atoms with Crippen molar-refractivity contribution >= 4 is 11.4 Å². The Kier molecular flexibility index (Phi) is 4.00. The number of hydrogen-bond acceptors (Lipinski definition) is 5. The van der Waals surface area contributed by atoms with Crippen LogP contribution in [0.25, 0.3) is 5.57 Å². The molecule has 0 radical (unpaired) electrons. The topological polar surface area (TPSA) is 54.5 Å². The molecule has 3 heterocycles. The molecule has 5 heteroatoms. The van der Waals surface area contributed by atoms with Crippen LogP contribution in [0.15, 0.2) is 23.9 Å². The Morgan fingerprint density at radius 1 is 1.40 bits per heavy atom. The first-order chi connectivity index (χ1) is 9.79. The average molecular weight is 273 g/mol. The van der Waals surface area contributed by atoms with Crippen LogP contribution < -0.4 is 10.4 Å². The minimum Gasteiger partial charge on any atom is -0.785 e. The third-order valence-corrected chi connectivity index (χ3v) is 3.95. The lowest BCUT2D eigenvalue weighted by molar-refractivity contribution is 0.397. The van der Waals surface area contributed by atoms with Gasteiger partial charge in [-0.1, -0.05) is 13.3 Å². The second-order valence-electron chi connectivity index (χ2n) is 5.42. The molecular weight excluding hydrogens is 252 g/mol. The quantitative estimate of drug-likeness (QED) is 0.852. The van der Waals surface area contributed by atoms with Gasteiger partial charge in [-0.05, 0) is 42.7 Å². The number of hydrazine groups is 1. The molecule has 108 valence electrons. The van der Waals surface area contributed by atoms with Crippen molar-refractivity contribution in [2.45, 2.75) is 26.2 Å². The van der Waals surface area contributed by atoms with Crippen LogP contribution in [0.5, 0.6) is 0 Å². The van der Waals surface area contributed by atoms with Gasteiger partial charge in [-0.15, -0.1) is 0 Å². The van der Waals surface area contributed by atoms with Gasteiger partial charge in [0.1, 0.15) is 0 Å². The zero-order valence-corrected chi connectivity index (χ0v) is 11.9. The highest BCUT2D eigenvalue weighted by Gasteiger charge is 2.27. The van der Waals surface area contributed by atoms with Crippen LogP contribution in [0.3, 0.4) is 0 Å². The Labute approximate surface area is 119 Å². The Morgan fingerprint density at radius 2 is 2.30 bits per heavy atom. The molecule has 0 amide bonds. The second-order valence-corrected chi connectivity index (χ2v) is 5.42. The fourth-order valence-corrected chi connectivity index (χ4v) is 2.91. The fraction of sp³-hybridized carbons (Fsp3) is 0.533. The van der Waals surface area contributed by atoms with Crippen molar-refractivity contribution < 1.29 is 0 Å². The third kappa shape index (κ3) is 2.57. The molecule has 0 aromatic carbocycles. The van der Waals surface area contributed by atoms with E-state index in [0.717, 1.165) is 43.2 Å². The number of unbranched alkanes of at least 4 members (excludes halogenated alkanes) is 1. The standard InChI is InChI=1S/C15H21N4O/c1-2-3-8-17-19-11-12-10-18(20)9-6-13(12)14-5-4-7-16-15(14)19/h4-5,7,17H,2-3,6,8-11H2,1H3/q-1. The van der Waals surface area contributed by atoms with Crippen molar-refractivity contribution in [3.8, 4) is 0 Å². The molecule has 0 saturated heterocycles. The van der Waals surface area contributed by atoms with Crippen molar-refractivity contribution in [1.82, 2.24) is 15.5 Å². The Morgan fingerprint density at radius 3 is 3.15 bits per heavy atom. The maximum Gasteiger partial charge on any atom is 0.150 e. The smallest absolute Gasteiger partial charge is 0.150 e. The van der Waals surface area contributed by atoms with E-state index in [2.05, 4.69) is 28.4 Å². The average Bonchev–Trinajstić information content (AvgIpc) is 2.47. The zero-order valence-electron chi connectivity index (χ0n) is 11.9. The van der Waals surface area contributed by atoms with Crippen LogP contribution >= 0.6 is 0 Å². The Balaban J connectivity index is 1.88. The predicted octanol–water partition coefficient (Wildman–Crippen LogP) is 2.16. The SMILES string of the molecule is CCCCNN1CC2=C(CCN([O-])C2)c2cccnc21. The summed E-state index contributed by atoms with van der Waals surface area (Å²) in [6.07, 6.45) is 4.97. The first kappa shape index (κ1) is 13.5. The van der Waals surface area contributed by atoms with Gasteiger partial charge in [-0.3, -0.25) is 5.01 Å². The van der Waals surface area contributed by atoms with Gasteiger partial charge >= 0.3 is 0 Å². The number of nitrogens with zero attached hydrogens (tertiary/aromatic N) is 3. The summed E-state index contributed by atoms with van der Waals surface area (Å²) in [4.78, 5) is 4.53. The van der Waals surface area contributed by atoms with Crippen molar-refractivity contribution in [2.75, 3.05) is 31.2 Å². The maximum atomic E-state index is 11.6. The molecule has 20 heavy (non-hydrogen) atoms. The normalized spacial score (nSPS) is 19.0. The molecule has 3 rings (SSSR count). The van der Waals surface area contributed by atoms with Crippen LogP contribution in [0, 0.1) is 5.21 Å². The van der Waals surface area contributed by atoms with Gasteiger partial charge in [-0.25, -0.2) is 10.4 Å². The molecule has 5 nitrogen and oxygen atoms in total. The van der Waals surface area contributed by atoms with Gasteiger partial charge in [0.25, 0.3) is 0 Å². The number of fused-ring (bicyclic) bond motifs is 2. The fourth-order valence-electron chi connectivity index (χ4n) is 2.91. The van der Waals surface area contributed by atoms with Crippen LogP contribution in [-0.2, 0) is 0 Å². The van der Waals surface area contributed by atoms with Crippen LogP contribution in [0.1, 0.15) is 31.7 Å². The van der Waals surface area contributed by atoms with Crippen molar-refractivity contribution in [2.24, 2.45) is 0 Å². The molecule has 1 N–H and O–H groups in total. The van der Waals surface area contributed by atoms with E-state index < -0.39 is 0 Å². The highest BCUT2D eigenvalue weighted by Crippen LogP contribution is 2.36. The third-order valence-electron chi connectivity index (χ3n) is 3.95. The van der Waals surface area contributed by atoms with Crippen LogP contribution in [0.4, 0.5) is 5.82 Å². The van der Waals surface area contributed by atoms with E-state index >= 15 is 0 Å². The molecule has 1 aromatic heterocycles. The van der Waals surface area contributed by atoms with Gasteiger partial charge in [0.2, 0.25) is 0 Å². The molecule has 2 aliphatic rings. The number of pyridine rings is 1. The highest BCUT2D eigenvalue weighted by atomic mass is 16.5. The molecule has 0 spiro atoms. The summed E-state index contributed by atoms with van der Waals surface area (Å²) in [6, 6.07) is 4.09. The molecule has 0 saturated carbocycles. The van der Waals surface area contributed by atoms with Crippen molar-refractivity contribution in [3.63, 3.8) is 0 Å². The number of aromatic nitrogens is 1. The molecule has 0 fully saturated rings. The van der Waals surface area contributed by atoms with Crippen LogP contribution in [-0.4, -0.2) is 36.2 Å². The van der Waals surface area contributed by atoms with Gasteiger partial charge in [0, 0.05) is 24.8 Å². The number of hydroxylamine groups is 2.